The van der Waals surface area contributed by atoms with Crippen LogP contribution in [0, 0.1) is 0 Å². The van der Waals surface area contributed by atoms with E-state index in [-0.39, 0.29) is 0 Å². The summed E-state index contributed by atoms with van der Waals surface area (Å²) in [6.07, 6.45) is 3.76. The van der Waals surface area contributed by atoms with Gasteiger partial charge in [-0.15, -0.1) is 0 Å². The second-order valence-corrected chi connectivity index (χ2v) is 19.0. The minimum absolute atomic E-state index is 0.460. The molecule has 0 aliphatic heterocycles. The Morgan fingerprint density at radius 3 is 1.64 bits per heavy atom. The largest absolute Gasteiger partial charge is 0.456 e. The van der Waals surface area contributed by atoms with Crippen molar-refractivity contribution in [2.75, 3.05) is 0 Å². The molecule has 0 amide bonds. The molecule has 70 heavy (non-hydrogen) atoms. The molecule has 6 nitrogen and oxygen atoms in total. The fourth-order valence-corrected chi connectivity index (χ4v) is 12.7. The molecule has 4 heterocycles. The van der Waals surface area contributed by atoms with Crippen LogP contribution in [0.25, 0.3) is 112 Å². The molecule has 4 aromatic heterocycles. The molecule has 0 radical (unpaired) electrons. The zero-order valence-electron chi connectivity index (χ0n) is 37.8. The molecular formula is C64H39N5O. The van der Waals surface area contributed by atoms with E-state index in [1.165, 1.54) is 66.2 Å². The lowest BCUT2D eigenvalue weighted by molar-refractivity contribution is 0.596. The SMILES string of the molecule is C1=C(c2nc(-c3cccc(-n4c5ccccc5c5cc6c(cc54)C4(c5ccccc5-c5ccccc54)c4ccccc4-6)c3)nc(-n3c4ccccc4c4ccccc43)n2)CCc2c1oc1ccccc21. The molecule has 0 unspecified atom stereocenters. The third kappa shape index (κ3) is 4.98. The van der Waals surface area contributed by atoms with E-state index in [2.05, 4.69) is 209 Å². The molecule has 326 valence electrons. The van der Waals surface area contributed by atoms with Gasteiger partial charge in [-0.25, -0.2) is 4.98 Å². The smallest absolute Gasteiger partial charge is 0.238 e. The van der Waals surface area contributed by atoms with Crippen LogP contribution in [0.4, 0.5) is 0 Å². The van der Waals surface area contributed by atoms with Gasteiger partial charge in [-0.1, -0.05) is 158 Å². The maximum Gasteiger partial charge on any atom is 0.238 e. The van der Waals surface area contributed by atoms with E-state index < -0.39 is 5.41 Å². The first-order chi connectivity index (χ1) is 34.7. The quantitative estimate of drug-likeness (QED) is 0.177. The number of aromatic nitrogens is 5. The monoisotopic (exact) mass is 893 g/mol. The van der Waals surface area contributed by atoms with Crippen LogP contribution >= 0.6 is 0 Å². The van der Waals surface area contributed by atoms with Crippen molar-refractivity contribution in [3.8, 4) is 45.3 Å². The van der Waals surface area contributed by atoms with Crippen molar-refractivity contribution in [2.45, 2.75) is 18.3 Å². The summed E-state index contributed by atoms with van der Waals surface area (Å²) in [6, 6.07) is 75.0. The molecule has 0 saturated carbocycles. The first kappa shape index (κ1) is 37.9. The maximum atomic E-state index is 6.46. The van der Waals surface area contributed by atoms with E-state index in [1.54, 1.807) is 0 Å². The van der Waals surface area contributed by atoms with Gasteiger partial charge in [-0.05, 0) is 112 Å². The number of nitrogens with zero attached hydrogens (tertiary/aromatic N) is 5. The lowest BCUT2D eigenvalue weighted by Crippen LogP contribution is -2.25. The van der Waals surface area contributed by atoms with E-state index in [0.717, 1.165) is 73.8 Å². The average Bonchev–Trinajstić information content (AvgIpc) is 4.21. The molecule has 0 fully saturated rings. The lowest BCUT2D eigenvalue weighted by Gasteiger charge is -2.30. The number of furan rings is 1. The van der Waals surface area contributed by atoms with Gasteiger partial charge in [-0.2, -0.15) is 9.97 Å². The van der Waals surface area contributed by atoms with Gasteiger partial charge in [0.15, 0.2) is 11.6 Å². The molecule has 0 saturated heterocycles. The summed E-state index contributed by atoms with van der Waals surface area (Å²) in [7, 11) is 0. The van der Waals surface area contributed by atoms with Crippen LogP contribution in [0.5, 0.6) is 0 Å². The minimum atomic E-state index is -0.460. The number of para-hydroxylation sites is 4. The summed E-state index contributed by atoms with van der Waals surface area (Å²) in [5.41, 5.74) is 19.5. The number of allylic oxidation sites excluding steroid dienone is 1. The highest BCUT2D eigenvalue weighted by Gasteiger charge is 2.51. The first-order valence-corrected chi connectivity index (χ1v) is 24.1. The predicted octanol–water partition coefficient (Wildman–Crippen LogP) is 15.3. The summed E-state index contributed by atoms with van der Waals surface area (Å²) in [6.45, 7) is 0. The van der Waals surface area contributed by atoms with Crippen molar-refractivity contribution in [2.24, 2.45) is 0 Å². The molecule has 6 heteroatoms. The summed E-state index contributed by atoms with van der Waals surface area (Å²) in [4.78, 5) is 16.1. The summed E-state index contributed by atoms with van der Waals surface area (Å²) < 4.78 is 11.1. The standard InChI is InChI=1S/C64H39N5O/c1-8-25-51-41(18-1)42-19-2-9-26-52(42)64(51)53-27-10-3-20-43(53)49-36-50-46-23-6-11-28-55(46)68(58(50)37-54(49)64)40-17-15-16-38(34-40)61-65-62(39-32-33-48-47-24-7-14-31-59(47)70-60(48)35-39)67-63(66-61)69-56-29-12-4-21-44(56)45-22-5-13-30-57(45)69/h1-31,34-37H,32-33H2. The van der Waals surface area contributed by atoms with Gasteiger partial charge in [0.2, 0.25) is 5.95 Å². The van der Waals surface area contributed by atoms with Crippen LogP contribution in [0.15, 0.2) is 211 Å². The Kier molecular flexibility index (Phi) is 7.56. The molecule has 16 rings (SSSR count). The van der Waals surface area contributed by atoms with Crippen molar-refractivity contribution in [1.29, 1.82) is 0 Å². The topological polar surface area (TPSA) is 61.7 Å². The van der Waals surface area contributed by atoms with Crippen LogP contribution < -0.4 is 0 Å². The Morgan fingerprint density at radius 1 is 0.400 bits per heavy atom. The van der Waals surface area contributed by atoms with Crippen LogP contribution in [-0.4, -0.2) is 24.1 Å². The molecule has 3 aliphatic rings. The summed E-state index contributed by atoms with van der Waals surface area (Å²) in [5, 5.41) is 5.90. The van der Waals surface area contributed by atoms with Gasteiger partial charge in [0.25, 0.3) is 0 Å². The van der Waals surface area contributed by atoms with Crippen LogP contribution in [0.1, 0.15) is 45.8 Å². The van der Waals surface area contributed by atoms with Crippen molar-refractivity contribution < 1.29 is 4.42 Å². The van der Waals surface area contributed by atoms with Gasteiger partial charge in [0.05, 0.1) is 27.5 Å². The number of hydrogen-bond acceptors (Lipinski definition) is 4. The molecule has 0 atom stereocenters. The van der Waals surface area contributed by atoms with E-state index in [9.17, 15) is 0 Å². The van der Waals surface area contributed by atoms with Gasteiger partial charge >= 0.3 is 0 Å². The van der Waals surface area contributed by atoms with Gasteiger partial charge < -0.3 is 8.98 Å². The van der Waals surface area contributed by atoms with E-state index in [4.69, 9.17) is 19.4 Å². The van der Waals surface area contributed by atoms with Gasteiger partial charge in [0, 0.05) is 49.3 Å². The minimum Gasteiger partial charge on any atom is -0.456 e. The first-order valence-electron chi connectivity index (χ1n) is 24.1. The second-order valence-electron chi connectivity index (χ2n) is 19.0. The van der Waals surface area contributed by atoms with E-state index >= 15 is 0 Å². The Balaban J connectivity index is 0.929. The highest BCUT2D eigenvalue weighted by molar-refractivity contribution is 6.13. The zero-order chi connectivity index (χ0) is 45.7. The second kappa shape index (κ2) is 14.0. The zero-order valence-corrected chi connectivity index (χ0v) is 37.8. The molecule has 0 N–H and O–H groups in total. The van der Waals surface area contributed by atoms with E-state index in [1.807, 2.05) is 12.1 Å². The Hall–Kier alpha value is -9.13. The van der Waals surface area contributed by atoms with Crippen LogP contribution in [0.2, 0.25) is 0 Å². The Labute approximate surface area is 402 Å². The molecule has 1 spiro atoms. The third-order valence-electron chi connectivity index (χ3n) is 15.5. The van der Waals surface area contributed by atoms with Crippen molar-refractivity contribution in [3.63, 3.8) is 0 Å². The van der Waals surface area contributed by atoms with Gasteiger partial charge in [0.1, 0.15) is 11.3 Å². The average molecular weight is 894 g/mol. The fraction of sp³-hybridized carbons (Fsp3) is 0.0469. The number of benzene rings is 9. The molecular weight excluding hydrogens is 855 g/mol. The maximum absolute atomic E-state index is 6.46. The normalized spacial score (nSPS) is 14.1. The predicted molar refractivity (Wildman–Crippen MR) is 283 cm³/mol. The van der Waals surface area contributed by atoms with Crippen molar-refractivity contribution >= 4 is 66.2 Å². The van der Waals surface area contributed by atoms with Crippen LogP contribution in [0.3, 0.4) is 0 Å². The summed E-state index contributed by atoms with van der Waals surface area (Å²) >= 11 is 0. The lowest BCUT2D eigenvalue weighted by atomic mass is 9.70. The number of hydrogen-bond donors (Lipinski definition) is 0. The van der Waals surface area contributed by atoms with Crippen molar-refractivity contribution in [3.05, 3.63) is 246 Å². The van der Waals surface area contributed by atoms with Gasteiger partial charge in [-0.3, -0.25) is 4.57 Å². The number of rotatable bonds is 4. The molecule has 3 aliphatic carbocycles. The van der Waals surface area contributed by atoms with E-state index in [0.29, 0.717) is 17.6 Å². The number of fused-ring (bicyclic) bond motifs is 19. The molecule has 13 aromatic rings. The van der Waals surface area contributed by atoms with Crippen molar-refractivity contribution in [1.82, 2.24) is 24.1 Å². The molecule has 9 aromatic carbocycles. The Morgan fingerprint density at radius 2 is 0.957 bits per heavy atom. The highest BCUT2D eigenvalue weighted by atomic mass is 16.3. The molecule has 0 bridgehead atoms. The Bertz CT molecular complexity index is 4350. The number of aryl methyl sites for hydroxylation is 1. The van der Waals surface area contributed by atoms with Crippen LogP contribution in [-0.2, 0) is 11.8 Å². The summed E-state index contributed by atoms with van der Waals surface area (Å²) in [5.74, 6) is 2.70. The third-order valence-corrected chi connectivity index (χ3v) is 15.5. The fourth-order valence-electron chi connectivity index (χ4n) is 12.7. The highest BCUT2D eigenvalue weighted by Crippen LogP contribution is 2.63.